The molecule has 1 fully saturated rings. The maximum atomic E-state index is 4.08. The Hall–Kier alpha value is -1.91. The van der Waals surface area contributed by atoms with Crippen molar-refractivity contribution < 1.29 is 0 Å². The molecule has 0 aliphatic heterocycles. The first-order valence-corrected chi connectivity index (χ1v) is 7.65. The average molecular weight is 285 g/mol. The van der Waals surface area contributed by atoms with Crippen LogP contribution >= 0.6 is 0 Å². The molecule has 1 atom stereocenters. The van der Waals surface area contributed by atoms with Crippen molar-refractivity contribution in [3.05, 3.63) is 24.3 Å². The molecule has 1 N–H and O–H groups in total. The molecule has 1 saturated carbocycles. The summed E-state index contributed by atoms with van der Waals surface area (Å²) in [6, 6.07) is 8.89. The minimum Gasteiger partial charge on any atom is -0.382 e. The second kappa shape index (κ2) is 5.47. The molecule has 3 rings (SSSR count). The second-order valence-electron chi connectivity index (χ2n) is 6.64. The smallest absolute Gasteiger partial charge is 0.181 e. The highest BCUT2D eigenvalue weighted by Gasteiger charge is 2.31. The molecule has 1 aromatic carbocycles. The number of nitrogens with one attached hydrogen (secondary N) is 1. The molecule has 0 saturated heterocycles. The highest BCUT2D eigenvalue weighted by molar-refractivity contribution is 5.62. The largest absolute Gasteiger partial charge is 0.382 e. The zero-order chi connectivity index (χ0) is 14.9. The summed E-state index contributed by atoms with van der Waals surface area (Å²) in [5, 5.41) is 15.4. The van der Waals surface area contributed by atoms with E-state index < -0.39 is 0 Å². The van der Waals surface area contributed by atoms with E-state index in [9.17, 15) is 0 Å². The van der Waals surface area contributed by atoms with Crippen LogP contribution in [0.2, 0.25) is 0 Å². The molecule has 1 heterocycles. The number of tetrazole rings is 1. The van der Waals surface area contributed by atoms with Crippen molar-refractivity contribution in [2.45, 2.75) is 45.6 Å². The van der Waals surface area contributed by atoms with Gasteiger partial charge in [-0.1, -0.05) is 38.8 Å². The van der Waals surface area contributed by atoms with Crippen LogP contribution in [-0.2, 0) is 7.05 Å². The van der Waals surface area contributed by atoms with Gasteiger partial charge in [0.05, 0.1) is 0 Å². The van der Waals surface area contributed by atoms with Gasteiger partial charge in [-0.25, -0.2) is 4.68 Å². The fourth-order valence-electron chi connectivity index (χ4n) is 3.18. The summed E-state index contributed by atoms with van der Waals surface area (Å²) in [5.74, 6) is 0.793. The minimum absolute atomic E-state index is 0.348. The van der Waals surface area contributed by atoms with Gasteiger partial charge in [-0.15, -0.1) is 5.10 Å². The molecule has 1 aliphatic rings. The number of hydrogen-bond acceptors (Lipinski definition) is 4. The number of nitrogens with zero attached hydrogens (tertiary/aromatic N) is 4. The Labute approximate surface area is 125 Å². The lowest BCUT2D eigenvalue weighted by Crippen LogP contribution is -2.38. The maximum absolute atomic E-state index is 4.08. The number of benzene rings is 1. The van der Waals surface area contributed by atoms with Crippen LogP contribution in [0.1, 0.15) is 39.5 Å². The molecule has 112 valence electrons. The zero-order valence-corrected chi connectivity index (χ0v) is 13.0. The molecule has 1 aliphatic carbocycles. The Morgan fingerprint density at radius 2 is 2.14 bits per heavy atom. The topological polar surface area (TPSA) is 55.6 Å². The fraction of sp³-hybridized carbons (Fsp3) is 0.562. The standard InChI is InChI=1S/C16H23N5/c1-16(2)10-5-4-9-14(16)17-13-8-6-7-12(11-13)15-18-19-20-21(15)3/h6-8,11,14,17H,4-5,9-10H2,1-3H3. The Morgan fingerprint density at radius 1 is 1.29 bits per heavy atom. The molecule has 1 unspecified atom stereocenters. The minimum atomic E-state index is 0.348. The molecular formula is C16H23N5. The van der Waals surface area contributed by atoms with Crippen molar-refractivity contribution in [1.29, 1.82) is 0 Å². The highest BCUT2D eigenvalue weighted by Crippen LogP contribution is 2.37. The van der Waals surface area contributed by atoms with E-state index in [0.717, 1.165) is 17.1 Å². The lowest BCUT2D eigenvalue weighted by atomic mass is 9.73. The van der Waals surface area contributed by atoms with E-state index in [1.54, 1.807) is 4.68 Å². The van der Waals surface area contributed by atoms with Crippen LogP contribution in [0.5, 0.6) is 0 Å². The van der Waals surface area contributed by atoms with Gasteiger partial charge in [0.25, 0.3) is 0 Å². The predicted molar refractivity (Wildman–Crippen MR) is 83.9 cm³/mol. The van der Waals surface area contributed by atoms with Crippen molar-refractivity contribution >= 4 is 5.69 Å². The first-order chi connectivity index (χ1) is 10.1. The Bertz CT molecular complexity index is 617. The molecule has 0 radical (unpaired) electrons. The average Bonchev–Trinajstić information content (AvgIpc) is 2.88. The summed E-state index contributed by atoms with van der Waals surface area (Å²) in [7, 11) is 1.86. The summed E-state index contributed by atoms with van der Waals surface area (Å²) in [4.78, 5) is 0. The third kappa shape index (κ3) is 2.91. The van der Waals surface area contributed by atoms with Crippen molar-refractivity contribution in [2.24, 2.45) is 12.5 Å². The van der Waals surface area contributed by atoms with Crippen molar-refractivity contribution in [3.63, 3.8) is 0 Å². The number of rotatable bonds is 3. The van der Waals surface area contributed by atoms with Gasteiger partial charge < -0.3 is 5.32 Å². The molecule has 0 amide bonds. The monoisotopic (exact) mass is 285 g/mol. The van der Waals surface area contributed by atoms with Gasteiger partial charge in [0.2, 0.25) is 0 Å². The number of hydrogen-bond donors (Lipinski definition) is 1. The van der Waals surface area contributed by atoms with Gasteiger partial charge >= 0.3 is 0 Å². The Balaban J connectivity index is 1.82. The number of aryl methyl sites for hydroxylation is 1. The van der Waals surface area contributed by atoms with Crippen LogP contribution < -0.4 is 5.32 Å². The number of aromatic nitrogens is 4. The molecule has 0 bridgehead atoms. The van der Waals surface area contributed by atoms with E-state index in [1.165, 1.54) is 25.7 Å². The van der Waals surface area contributed by atoms with Gasteiger partial charge in [-0.3, -0.25) is 0 Å². The van der Waals surface area contributed by atoms with Gasteiger partial charge in [0.15, 0.2) is 5.82 Å². The van der Waals surface area contributed by atoms with E-state index in [0.29, 0.717) is 11.5 Å². The van der Waals surface area contributed by atoms with Crippen LogP contribution in [0.4, 0.5) is 5.69 Å². The van der Waals surface area contributed by atoms with Crippen molar-refractivity contribution in [3.8, 4) is 11.4 Å². The first kappa shape index (κ1) is 14.0. The van der Waals surface area contributed by atoms with Crippen LogP contribution in [-0.4, -0.2) is 26.2 Å². The van der Waals surface area contributed by atoms with Crippen LogP contribution in [0.15, 0.2) is 24.3 Å². The molecule has 1 aromatic heterocycles. The Kier molecular flexibility index (Phi) is 3.66. The zero-order valence-electron chi connectivity index (χ0n) is 13.0. The Morgan fingerprint density at radius 3 is 2.86 bits per heavy atom. The van der Waals surface area contributed by atoms with Crippen molar-refractivity contribution in [2.75, 3.05) is 5.32 Å². The van der Waals surface area contributed by atoms with Crippen LogP contribution in [0, 0.1) is 5.41 Å². The SMILES string of the molecule is Cn1nnnc1-c1cccc(NC2CCCCC2(C)C)c1. The molecule has 5 heteroatoms. The lowest BCUT2D eigenvalue weighted by Gasteiger charge is -2.39. The van der Waals surface area contributed by atoms with E-state index in [2.05, 4.69) is 52.9 Å². The summed E-state index contributed by atoms with van der Waals surface area (Å²) < 4.78 is 1.70. The molecule has 0 spiro atoms. The third-order valence-corrected chi connectivity index (χ3v) is 4.59. The summed E-state index contributed by atoms with van der Waals surface area (Å²) >= 11 is 0. The van der Waals surface area contributed by atoms with Gasteiger partial charge in [-0.05, 0) is 40.8 Å². The molecular weight excluding hydrogens is 262 g/mol. The van der Waals surface area contributed by atoms with E-state index in [-0.39, 0.29) is 0 Å². The maximum Gasteiger partial charge on any atom is 0.181 e. The quantitative estimate of drug-likeness (QED) is 0.940. The molecule has 5 nitrogen and oxygen atoms in total. The molecule has 2 aromatic rings. The number of anilines is 1. The third-order valence-electron chi connectivity index (χ3n) is 4.59. The first-order valence-electron chi connectivity index (χ1n) is 7.65. The molecule has 21 heavy (non-hydrogen) atoms. The van der Waals surface area contributed by atoms with E-state index in [4.69, 9.17) is 0 Å². The lowest BCUT2D eigenvalue weighted by molar-refractivity contribution is 0.217. The summed E-state index contributed by atoms with van der Waals surface area (Å²) in [5.41, 5.74) is 2.54. The fourth-order valence-corrected chi connectivity index (χ4v) is 3.18. The van der Waals surface area contributed by atoms with Crippen LogP contribution in [0.3, 0.4) is 0 Å². The van der Waals surface area contributed by atoms with E-state index >= 15 is 0 Å². The van der Waals surface area contributed by atoms with E-state index in [1.807, 2.05) is 13.1 Å². The van der Waals surface area contributed by atoms with Gasteiger partial charge in [-0.2, -0.15) is 0 Å². The predicted octanol–water partition coefficient (Wildman–Crippen LogP) is 3.26. The van der Waals surface area contributed by atoms with Crippen LogP contribution in [0.25, 0.3) is 11.4 Å². The summed E-state index contributed by atoms with van der Waals surface area (Å²) in [6.45, 7) is 4.72. The normalized spacial score (nSPS) is 21.2. The van der Waals surface area contributed by atoms with Crippen molar-refractivity contribution in [1.82, 2.24) is 20.2 Å². The van der Waals surface area contributed by atoms with Gasteiger partial charge in [0.1, 0.15) is 0 Å². The van der Waals surface area contributed by atoms with Gasteiger partial charge in [0, 0.05) is 24.3 Å². The highest BCUT2D eigenvalue weighted by atomic mass is 15.5. The second-order valence-corrected chi connectivity index (χ2v) is 6.64. The summed E-state index contributed by atoms with van der Waals surface area (Å²) in [6.07, 6.45) is 5.18.